The molecule has 0 aromatic heterocycles. The molecule has 5 heteroatoms. The second-order valence-electron chi connectivity index (χ2n) is 4.76. The molecular formula is C13H14Br2F2O. The molecule has 1 aromatic rings. The Morgan fingerprint density at radius 3 is 2.72 bits per heavy atom. The van der Waals surface area contributed by atoms with Crippen LogP contribution < -0.4 is 0 Å². The van der Waals surface area contributed by atoms with Gasteiger partial charge >= 0.3 is 0 Å². The normalized spacial score (nSPS) is 27.7. The van der Waals surface area contributed by atoms with Gasteiger partial charge in [-0.25, -0.2) is 8.78 Å². The molecule has 0 N–H and O–H groups in total. The Labute approximate surface area is 122 Å². The zero-order valence-electron chi connectivity index (χ0n) is 9.98. The molecule has 2 unspecified atom stereocenters. The summed E-state index contributed by atoms with van der Waals surface area (Å²) in [5, 5.41) is 0.673. The predicted molar refractivity (Wildman–Crippen MR) is 74.0 cm³/mol. The van der Waals surface area contributed by atoms with E-state index in [-0.39, 0.29) is 17.1 Å². The minimum Gasteiger partial charge on any atom is -0.378 e. The van der Waals surface area contributed by atoms with Crippen LogP contribution in [-0.4, -0.2) is 18.0 Å². The van der Waals surface area contributed by atoms with Crippen LogP contribution >= 0.6 is 31.9 Å². The van der Waals surface area contributed by atoms with E-state index in [0.29, 0.717) is 22.8 Å². The van der Waals surface area contributed by atoms with Crippen LogP contribution in [0.2, 0.25) is 0 Å². The molecule has 1 aliphatic heterocycles. The Balaban J connectivity index is 2.36. The van der Waals surface area contributed by atoms with Crippen LogP contribution in [0.3, 0.4) is 0 Å². The molecule has 2 rings (SSSR count). The summed E-state index contributed by atoms with van der Waals surface area (Å²) < 4.78 is 33.7. The molecule has 0 spiro atoms. The van der Waals surface area contributed by atoms with E-state index in [1.54, 1.807) is 0 Å². The number of hydrogen-bond acceptors (Lipinski definition) is 1. The lowest BCUT2D eigenvalue weighted by Gasteiger charge is -2.30. The van der Waals surface area contributed by atoms with Gasteiger partial charge in [-0.2, -0.15) is 0 Å². The van der Waals surface area contributed by atoms with Crippen molar-refractivity contribution in [3.8, 4) is 0 Å². The second kappa shape index (κ2) is 5.55. The smallest absolute Gasteiger partial charge is 0.143 e. The molecule has 1 nitrogen and oxygen atoms in total. The molecule has 1 heterocycles. The van der Waals surface area contributed by atoms with Gasteiger partial charge in [0.05, 0.1) is 10.6 Å². The fraction of sp³-hybridized carbons (Fsp3) is 0.538. The summed E-state index contributed by atoms with van der Waals surface area (Å²) in [6.45, 7) is 2.60. The number of ether oxygens (including phenoxy) is 1. The number of halogens is 4. The third-order valence-electron chi connectivity index (χ3n) is 3.76. The van der Waals surface area contributed by atoms with E-state index < -0.39 is 11.6 Å². The molecule has 0 aliphatic carbocycles. The van der Waals surface area contributed by atoms with Gasteiger partial charge in [-0.1, -0.05) is 15.9 Å². The summed E-state index contributed by atoms with van der Waals surface area (Å²) in [6, 6.07) is 2.69. The van der Waals surface area contributed by atoms with Gasteiger partial charge in [0.2, 0.25) is 0 Å². The van der Waals surface area contributed by atoms with Gasteiger partial charge in [-0.3, -0.25) is 0 Å². The minimum atomic E-state index is -0.505. The largest absolute Gasteiger partial charge is 0.378 e. The molecule has 18 heavy (non-hydrogen) atoms. The van der Waals surface area contributed by atoms with Crippen molar-refractivity contribution in [1.29, 1.82) is 0 Å². The molecule has 0 bridgehead atoms. The number of benzene rings is 1. The average molecular weight is 384 g/mol. The van der Waals surface area contributed by atoms with E-state index in [0.717, 1.165) is 6.42 Å². The highest BCUT2D eigenvalue weighted by atomic mass is 79.9. The van der Waals surface area contributed by atoms with Crippen molar-refractivity contribution in [3.05, 3.63) is 33.8 Å². The Morgan fingerprint density at radius 2 is 2.17 bits per heavy atom. The predicted octanol–water partition coefficient (Wildman–Crippen LogP) is 4.46. The topological polar surface area (TPSA) is 9.23 Å². The third kappa shape index (κ3) is 2.49. The van der Waals surface area contributed by atoms with Crippen molar-refractivity contribution < 1.29 is 13.5 Å². The van der Waals surface area contributed by atoms with Crippen LogP contribution in [0.4, 0.5) is 8.78 Å². The zero-order chi connectivity index (χ0) is 13.3. The highest BCUT2D eigenvalue weighted by Gasteiger charge is 2.41. The molecule has 1 saturated heterocycles. The van der Waals surface area contributed by atoms with Gasteiger partial charge in [0.25, 0.3) is 0 Å². The van der Waals surface area contributed by atoms with Gasteiger partial charge in [0.1, 0.15) is 11.6 Å². The van der Waals surface area contributed by atoms with E-state index in [1.165, 1.54) is 12.1 Å². The van der Waals surface area contributed by atoms with Crippen molar-refractivity contribution in [3.63, 3.8) is 0 Å². The highest BCUT2D eigenvalue weighted by Crippen LogP contribution is 2.41. The summed E-state index contributed by atoms with van der Waals surface area (Å²) in [5.74, 6) is -0.996. The lowest BCUT2D eigenvalue weighted by molar-refractivity contribution is 0.0739. The molecule has 2 atom stereocenters. The molecule has 100 valence electrons. The molecule has 0 radical (unpaired) electrons. The summed E-state index contributed by atoms with van der Waals surface area (Å²) >= 11 is 6.56. The number of rotatable bonds is 3. The lowest BCUT2D eigenvalue weighted by atomic mass is 9.78. The van der Waals surface area contributed by atoms with Gasteiger partial charge in [0, 0.05) is 22.9 Å². The van der Waals surface area contributed by atoms with Crippen LogP contribution in [0.15, 0.2) is 16.6 Å². The SMILES string of the molecule is CC1OCCC1(CBr)Cc1c(F)ccc(Br)c1F. The molecular weight excluding hydrogens is 370 g/mol. The number of hydrogen-bond donors (Lipinski definition) is 0. The van der Waals surface area contributed by atoms with Gasteiger partial charge in [-0.15, -0.1) is 0 Å². The Morgan fingerprint density at radius 1 is 1.44 bits per heavy atom. The zero-order valence-corrected chi connectivity index (χ0v) is 13.2. The van der Waals surface area contributed by atoms with Crippen LogP contribution in [0.5, 0.6) is 0 Å². The molecule has 1 aromatic carbocycles. The average Bonchev–Trinajstić information content (AvgIpc) is 2.72. The minimum absolute atomic E-state index is 0.00495. The Hall–Kier alpha value is -0.0000000000000000555. The number of alkyl halides is 1. The van der Waals surface area contributed by atoms with Gasteiger partial charge in [0.15, 0.2) is 0 Å². The van der Waals surface area contributed by atoms with Crippen molar-refractivity contribution in [2.75, 3.05) is 11.9 Å². The first kappa shape index (κ1) is 14.4. The van der Waals surface area contributed by atoms with Gasteiger partial charge < -0.3 is 4.74 Å². The Kier molecular flexibility index (Phi) is 4.44. The molecule has 0 amide bonds. The van der Waals surface area contributed by atoms with Crippen molar-refractivity contribution in [2.45, 2.75) is 25.9 Å². The Bertz CT molecular complexity index is 453. The lowest BCUT2D eigenvalue weighted by Crippen LogP contribution is -2.33. The third-order valence-corrected chi connectivity index (χ3v) is 5.49. The maximum Gasteiger partial charge on any atom is 0.143 e. The van der Waals surface area contributed by atoms with Crippen molar-refractivity contribution in [2.24, 2.45) is 5.41 Å². The van der Waals surface area contributed by atoms with E-state index in [9.17, 15) is 8.78 Å². The van der Waals surface area contributed by atoms with E-state index >= 15 is 0 Å². The molecule has 1 aliphatic rings. The fourth-order valence-electron chi connectivity index (χ4n) is 2.36. The van der Waals surface area contributed by atoms with Crippen LogP contribution in [-0.2, 0) is 11.2 Å². The van der Waals surface area contributed by atoms with Gasteiger partial charge in [-0.05, 0) is 47.8 Å². The van der Waals surface area contributed by atoms with Crippen molar-refractivity contribution in [1.82, 2.24) is 0 Å². The maximum atomic E-state index is 14.0. The van der Waals surface area contributed by atoms with E-state index in [1.807, 2.05) is 6.92 Å². The highest BCUT2D eigenvalue weighted by molar-refractivity contribution is 9.10. The summed E-state index contributed by atoms with van der Waals surface area (Å²) in [5.41, 5.74) is -0.0937. The standard InChI is InChI=1S/C13H14Br2F2O/c1-8-13(7-14,4-5-18-8)6-9-11(16)3-2-10(15)12(9)17/h2-3,8H,4-7H2,1H3. The first-order chi connectivity index (χ1) is 8.50. The first-order valence-corrected chi connectivity index (χ1v) is 7.71. The van der Waals surface area contributed by atoms with Crippen LogP contribution in [0.25, 0.3) is 0 Å². The van der Waals surface area contributed by atoms with E-state index in [2.05, 4.69) is 31.9 Å². The van der Waals surface area contributed by atoms with E-state index in [4.69, 9.17) is 4.74 Å². The summed E-state index contributed by atoms with van der Waals surface area (Å²) in [7, 11) is 0. The summed E-state index contributed by atoms with van der Waals surface area (Å²) in [4.78, 5) is 0. The first-order valence-electron chi connectivity index (χ1n) is 5.80. The molecule has 0 saturated carbocycles. The summed E-state index contributed by atoms with van der Waals surface area (Å²) in [6.07, 6.45) is 1.15. The quantitative estimate of drug-likeness (QED) is 0.553. The monoisotopic (exact) mass is 382 g/mol. The maximum absolute atomic E-state index is 14.0. The fourth-order valence-corrected chi connectivity index (χ4v) is 3.66. The second-order valence-corrected chi connectivity index (χ2v) is 6.17. The molecule has 1 fully saturated rings. The van der Waals surface area contributed by atoms with Crippen LogP contribution in [0, 0.1) is 17.0 Å². The van der Waals surface area contributed by atoms with Crippen molar-refractivity contribution >= 4 is 31.9 Å². The van der Waals surface area contributed by atoms with Crippen LogP contribution in [0.1, 0.15) is 18.9 Å².